The van der Waals surface area contributed by atoms with Crippen LogP contribution in [0.25, 0.3) is 0 Å². The van der Waals surface area contributed by atoms with Crippen molar-refractivity contribution in [3.63, 3.8) is 0 Å². The van der Waals surface area contributed by atoms with Crippen LogP contribution < -0.4 is 11.1 Å². The van der Waals surface area contributed by atoms with Crippen LogP contribution in [0.2, 0.25) is 0 Å². The van der Waals surface area contributed by atoms with E-state index in [1.54, 1.807) is 0 Å². The molecule has 1 aromatic rings. The zero-order chi connectivity index (χ0) is 19.5. The third-order valence-electron chi connectivity index (χ3n) is 5.26. The van der Waals surface area contributed by atoms with Crippen LogP contribution in [0.5, 0.6) is 0 Å². The first kappa shape index (κ1) is 21.3. The summed E-state index contributed by atoms with van der Waals surface area (Å²) in [5.74, 6) is 1.55. The van der Waals surface area contributed by atoms with Crippen molar-refractivity contribution >= 4 is 0 Å². The molecule has 1 aliphatic carbocycles. The van der Waals surface area contributed by atoms with E-state index in [0.29, 0.717) is 18.0 Å². The van der Waals surface area contributed by atoms with Gasteiger partial charge in [0.15, 0.2) is 5.82 Å². The molecule has 0 aromatic carbocycles. The fourth-order valence-corrected chi connectivity index (χ4v) is 4.50. The maximum atomic E-state index is 6.08. The van der Waals surface area contributed by atoms with Crippen molar-refractivity contribution in [2.45, 2.75) is 111 Å². The highest BCUT2D eigenvalue weighted by molar-refractivity contribution is 4.99. The molecule has 150 valence electrons. The fourth-order valence-electron chi connectivity index (χ4n) is 4.50. The van der Waals surface area contributed by atoms with E-state index < -0.39 is 0 Å². The van der Waals surface area contributed by atoms with E-state index in [9.17, 15) is 0 Å². The second-order valence-electron chi connectivity index (χ2n) is 10.5. The van der Waals surface area contributed by atoms with Gasteiger partial charge in [0.1, 0.15) is 0 Å². The lowest BCUT2D eigenvalue weighted by atomic mass is 9.81. The molecule has 1 aromatic heterocycles. The third kappa shape index (κ3) is 6.02. The van der Waals surface area contributed by atoms with Crippen molar-refractivity contribution in [1.29, 1.82) is 0 Å². The van der Waals surface area contributed by atoms with E-state index in [-0.39, 0.29) is 17.0 Å². The average molecular weight is 365 g/mol. The molecule has 1 heterocycles. The molecule has 6 heteroatoms. The Morgan fingerprint density at radius 2 is 1.73 bits per heavy atom. The molecule has 6 nitrogen and oxygen atoms in total. The summed E-state index contributed by atoms with van der Waals surface area (Å²) in [5.41, 5.74) is 6.17. The van der Waals surface area contributed by atoms with Crippen LogP contribution in [0.15, 0.2) is 0 Å². The first-order valence-electron chi connectivity index (χ1n) is 10.3. The van der Waals surface area contributed by atoms with E-state index in [0.717, 1.165) is 44.3 Å². The van der Waals surface area contributed by atoms with Gasteiger partial charge in [0.2, 0.25) is 0 Å². The number of hydrogen-bond donors (Lipinski definition) is 2. The summed E-state index contributed by atoms with van der Waals surface area (Å²) in [6.45, 7) is 15.8. The molecular formula is C20H40N6. The molecule has 0 spiro atoms. The zero-order valence-electron chi connectivity index (χ0n) is 17.9. The highest BCUT2D eigenvalue weighted by Crippen LogP contribution is 2.34. The molecule has 0 bridgehead atoms. The fraction of sp³-hybridized carbons (Fsp3) is 0.950. The molecule has 1 fully saturated rings. The Morgan fingerprint density at radius 3 is 2.27 bits per heavy atom. The lowest BCUT2D eigenvalue weighted by Gasteiger charge is -2.35. The van der Waals surface area contributed by atoms with Gasteiger partial charge in [-0.15, -0.1) is 5.10 Å². The first-order valence-corrected chi connectivity index (χ1v) is 10.3. The summed E-state index contributed by atoms with van der Waals surface area (Å²) in [4.78, 5) is 0. The van der Waals surface area contributed by atoms with Gasteiger partial charge in [0.25, 0.3) is 0 Å². The number of nitrogens with two attached hydrogens (primary N) is 1. The summed E-state index contributed by atoms with van der Waals surface area (Å²) in [6.07, 6.45) is 6.55. The average Bonchev–Trinajstić information content (AvgIpc) is 2.96. The minimum atomic E-state index is -0.122. The third-order valence-corrected chi connectivity index (χ3v) is 5.26. The molecule has 1 unspecified atom stereocenters. The molecule has 1 saturated carbocycles. The number of hydrogen-bond acceptors (Lipinski definition) is 5. The number of nitrogens with zero attached hydrogens (tertiary/aromatic N) is 4. The molecule has 0 radical (unpaired) electrons. The van der Waals surface area contributed by atoms with Gasteiger partial charge < -0.3 is 11.1 Å². The number of aromatic nitrogens is 4. The lowest BCUT2D eigenvalue weighted by Crippen LogP contribution is -2.42. The minimum Gasteiger partial charge on any atom is -0.328 e. The summed E-state index contributed by atoms with van der Waals surface area (Å²) in [7, 11) is 0. The summed E-state index contributed by atoms with van der Waals surface area (Å²) >= 11 is 0. The summed E-state index contributed by atoms with van der Waals surface area (Å²) in [5, 5.41) is 16.8. The van der Waals surface area contributed by atoms with Gasteiger partial charge in [-0.2, -0.15) is 0 Å². The predicted molar refractivity (Wildman–Crippen MR) is 107 cm³/mol. The van der Waals surface area contributed by atoms with E-state index in [1.807, 2.05) is 0 Å². The highest BCUT2D eigenvalue weighted by atomic mass is 15.6. The van der Waals surface area contributed by atoms with Crippen LogP contribution in [-0.4, -0.2) is 32.3 Å². The normalized spacial score (nSPS) is 23.4. The molecule has 0 aliphatic heterocycles. The van der Waals surface area contributed by atoms with Crippen LogP contribution in [0.3, 0.4) is 0 Å². The van der Waals surface area contributed by atoms with Gasteiger partial charge in [0, 0.05) is 12.1 Å². The maximum Gasteiger partial charge on any atom is 0.168 e. The van der Waals surface area contributed by atoms with E-state index in [1.165, 1.54) is 0 Å². The van der Waals surface area contributed by atoms with Gasteiger partial charge in [-0.25, -0.2) is 4.68 Å². The second-order valence-corrected chi connectivity index (χ2v) is 10.5. The van der Waals surface area contributed by atoms with Crippen molar-refractivity contribution < 1.29 is 0 Å². The molecule has 1 aliphatic rings. The van der Waals surface area contributed by atoms with Gasteiger partial charge in [-0.3, -0.25) is 0 Å². The Bertz CT molecular complexity index is 549. The maximum absolute atomic E-state index is 6.08. The van der Waals surface area contributed by atoms with Crippen LogP contribution in [-0.2, 0) is 5.54 Å². The topological polar surface area (TPSA) is 81.7 Å². The highest BCUT2D eigenvalue weighted by Gasteiger charge is 2.34. The van der Waals surface area contributed by atoms with Gasteiger partial charge in [-0.1, -0.05) is 34.6 Å². The molecule has 3 N–H and O–H groups in total. The molecule has 0 saturated heterocycles. The molecule has 26 heavy (non-hydrogen) atoms. The largest absolute Gasteiger partial charge is 0.328 e. The van der Waals surface area contributed by atoms with E-state index in [2.05, 4.69) is 74.0 Å². The van der Waals surface area contributed by atoms with Crippen LogP contribution in [0, 0.1) is 11.3 Å². The minimum absolute atomic E-state index is 0.122. The smallest absolute Gasteiger partial charge is 0.168 e. The lowest BCUT2D eigenvalue weighted by molar-refractivity contribution is 0.182. The van der Waals surface area contributed by atoms with Gasteiger partial charge in [0.05, 0.1) is 11.6 Å². The van der Waals surface area contributed by atoms with Crippen molar-refractivity contribution in [3.8, 4) is 0 Å². The standard InChI is InChI=1S/C20H40N6/c1-14(2)12-17(22-16-10-8-15(21)9-11-16)18-23-24-25-26(18)20(6,7)13-19(3,4)5/h14-17,22H,8-13,21H2,1-7H3. The quantitative estimate of drug-likeness (QED) is 0.769. The number of nitrogens with one attached hydrogen (secondary N) is 1. The van der Waals surface area contributed by atoms with Crippen LogP contribution in [0.1, 0.15) is 98.9 Å². The molecule has 0 amide bonds. The van der Waals surface area contributed by atoms with Gasteiger partial charge in [-0.05, 0) is 74.1 Å². The first-order chi connectivity index (χ1) is 12.0. The summed E-state index contributed by atoms with van der Waals surface area (Å²) in [6, 6.07) is 1.06. The zero-order valence-corrected chi connectivity index (χ0v) is 17.9. The number of tetrazole rings is 1. The van der Waals surface area contributed by atoms with Crippen LogP contribution in [0.4, 0.5) is 0 Å². The Labute approximate surface area is 159 Å². The predicted octanol–water partition coefficient (Wildman–Crippen LogP) is 3.79. The van der Waals surface area contributed by atoms with Crippen molar-refractivity contribution in [2.24, 2.45) is 17.1 Å². The van der Waals surface area contributed by atoms with Crippen LogP contribution >= 0.6 is 0 Å². The van der Waals surface area contributed by atoms with Gasteiger partial charge >= 0.3 is 0 Å². The Balaban J connectivity index is 2.22. The molecular weight excluding hydrogens is 324 g/mol. The Kier molecular flexibility index (Phi) is 6.83. The van der Waals surface area contributed by atoms with E-state index in [4.69, 9.17) is 5.73 Å². The molecule has 2 rings (SSSR count). The van der Waals surface area contributed by atoms with Crippen molar-refractivity contribution in [2.75, 3.05) is 0 Å². The van der Waals surface area contributed by atoms with Crippen molar-refractivity contribution in [1.82, 2.24) is 25.5 Å². The SMILES string of the molecule is CC(C)CC(NC1CCC(N)CC1)c1nnnn1C(C)(C)CC(C)(C)C. The summed E-state index contributed by atoms with van der Waals surface area (Å²) < 4.78 is 2.06. The monoisotopic (exact) mass is 364 g/mol. The Hall–Kier alpha value is -1.01. The number of rotatable bonds is 7. The Morgan fingerprint density at radius 1 is 1.12 bits per heavy atom. The van der Waals surface area contributed by atoms with E-state index >= 15 is 0 Å². The molecule has 1 atom stereocenters. The van der Waals surface area contributed by atoms with Crippen molar-refractivity contribution in [3.05, 3.63) is 5.82 Å². The second kappa shape index (κ2) is 8.34.